The highest BCUT2D eigenvalue weighted by molar-refractivity contribution is 5.94. The van der Waals surface area contributed by atoms with E-state index in [0.717, 1.165) is 24.5 Å². The summed E-state index contributed by atoms with van der Waals surface area (Å²) >= 11 is 0. The molecule has 4 aromatic rings. The van der Waals surface area contributed by atoms with Gasteiger partial charge in [0, 0.05) is 43.0 Å². The Labute approximate surface area is 293 Å². The summed E-state index contributed by atoms with van der Waals surface area (Å²) in [6.45, 7) is 4.79. The Morgan fingerprint density at radius 2 is 1.78 bits per heavy atom. The number of ether oxygens (including phenoxy) is 1. The van der Waals surface area contributed by atoms with Crippen molar-refractivity contribution in [3.63, 3.8) is 0 Å². The molecule has 51 heavy (non-hydrogen) atoms. The first-order valence-electron chi connectivity index (χ1n) is 16.1. The van der Waals surface area contributed by atoms with Gasteiger partial charge in [-0.1, -0.05) is 36.4 Å². The summed E-state index contributed by atoms with van der Waals surface area (Å²) < 4.78 is 34.2. The van der Waals surface area contributed by atoms with Gasteiger partial charge in [-0.25, -0.2) is 19.2 Å². The van der Waals surface area contributed by atoms with Crippen LogP contribution in [0.3, 0.4) is 0 Å². The summed E-state index contributed by atoms with van der Waals surface area (Å²) in [4.78, 5) is 17.9. The van der Waals surface area contributed by atoms with E-state index >= 15 is 0 Å². The molecule has 262 valence electrons. The number of phenolic OH excluding ortho intramolecular Hbond substituents is 1. The van der Waals surface area contributed by atoms with Gasteiger partial charge in [0.2, 0.25) is 0 Å². The topological polar surface area (TPSA) is 175 Å². The van der Waals surface area contributed by atoms with Gasteiger partial charge in [-0.3, -0.25) is 10.0 Å². The number of nitrogens with zero attached hydrogens (tertiary/aromatic N) is 4. The molecule has 0 saturated carbocycles. The molecule has 0 spiro atoms. The van der Waals surface area contributed by atoms with Crippen LogP contribution in [0.5, 0.6) is 11.5 Å². The molecular formula is C38H36F2N6O5. The fourth-order valence-corrected chi connectivity index (χ4v) is 5.74. The van der Waals surface area contributed by atoms with Gasteiger partial charge in [0.15, 0.2) is 17.3 Å². The number of aromatic nitrogens is 1. The number of aromatic hydroxyl groups is 1. The molecule has 0 radical (unpaired) electrons. The summed E-state index contributed by atoms with van der Waals surface area (Å²) in [5.41, 5.74) is 3.33. The molecule has 13 heteroatoms. The fourth-order valence-electron chi connectivity index (χ4n) is 5.74. The van der Waals surface area contributed by atoms with Crippen LogP contribution < -0.4 is 20.4 Å². The van der Waals surface area contributed by atoms with E-state index in [9.17, 15) is 34.3 Å². The van der Waals surface area contributed by atoms with Crippen molar-refractivity contribution in [3.05, 3.63) is 101 Å². The smallest absolute Gasteiger partial charge is 0.303 e. The predicted octanol–water partition coefficient (Wildman–Crippen LogP) is 5.73. The lowest BCUT2D eigenvalue weighted by atomic mass is 9.91. The maximum absolute atomic E-state index is 15.0. The van der Waals surface area contributed by atoms with Crippen LogP contribution in [0.15, 0.2) is 72.7 Å². The molecule has 0 bridgehead atoms. The van der Waals surface area contributed by atoms with Crippen LogP contribution in [0, 0.1) is 28.5 Å². The molecule has 2 heterocycles. The minimum Gasteiger partial charge on any atom is -0.504 e. The summed E-state index contributed by atoms with van der Waals surface area (Å²) in [5.74, 6) is -2.68. The van der Waals surface area contributed by atoms with Crippen LogP contribution in [0.25, 0.3) is 28.3 Å². The maximum Gasteiger partial charge on any atom is 0.303 e. The normalized spacial score (nSPS) is 13.7. The Bertz CT molecular complexity index is 2020. The molecule has 5 rings (SSSR count). The van der Waals surface area contributed by atoms with Crippen LogP contribution in [0.4, 0.5) is 14.6 Å². The third-order valence-electron chi connectivity index (χ3n) is 8.38. The molecule has 0 unspecified atom stereocenters. The van der Waals surface area contributed by atoms with Crippen molar-refractivity contribution >= 4 is 17.8 Å². The first kappa shape index (κ1) is 36.4. The number of amides is 1. The number of carbonyl (C=O) groups is 1. The zero-order chi connectivity index (χ0) is 36.7. The molecule has 1 fully saturated rings. The van der Waals surface area contributed by atoms with E-state index in [0.29, 0.717) is 53.3 Å². The Kier molecular flexibility index (Phi) is 11.3. The molecule has 0 aliphatic carbocycles. The van der Waals surface area contributed by atoms with Crippen LogP contribution >= 0.6 is 0 Å². The Balaban J connectivity index is 1.37. The first-order valence-corrected chi connectivity index (χ1v) is 16.1. The molecule has 0 atom stereocenters. The van der Waals surface area contributed by atoms with Crippen LogP contribution in [-0.4, -0.2) is 57.7 Å². The Morgan fingerprint density at radius 3 is 2.39 bits per heavy atom. The lowest BCUT2D eigenvalue weighted by Gasteiger charge is -2.34. The number of phenols is 1. The van der Waals surface area contributed by atoms with E-state index in [-0.39, 0.29) is 35.3 Å². The van der Waals surface area contributed by atoms with E-state index in [2.05, 4.69) is 11.4 Å². The van der Waals surface area contributed by atoms with E-state index in [1.807, 2.05) is 23.1 Å². The summed E-state index contributed by atoms with van der Waals surface area (Å²) in [5, 5.41) is 52.7. The molecule has 11 nitrogen and oxygen atoms in total. The van der Waals surface area contributed by atoms with Crippen molar-refractivity contribution in [2.75, 3.05) is 24.6 Å². The number of hydroxylamine groups is 1. The number of rotatable bonds is 11. The summed E-state index contributed by atoms with van der Waals surface area (Å²) in [7, 11) is 0. The second kappa shape index (κ2) is 15.8. The number of piperidine rings is 1. The number of aliphatic hydroxyl groups is 1. The van der Waals surface area contributed by atoms with Gasteiger partial charge in [0.05, 0.1) is 11.2 Å². The van der Waals surface area contributed by atoms with Crippen LogP contribution in [-0.2, 0) is 11.3 Å². The zero-order valence-electron chi connectivity index (χ0n) is 28.0. The quantitative estimate of drug-likeness (QED) is 0.0741. The molecule has 1 amide bonds. The maximum atomic E-state index is 15.0. The molecule has 5 N–H and O–H groups in total. The van der Waals surface area contributed by atoms with Crippen molar-refractivity contribution in [1.29, 1.82) is 10.5 Å². The summed E-state index contributed by atoms with van der Waals surface area (Å²) in [6.07, 6.45) is 4.07. The van der Waals surface area contributed by atoms with E-state index < -0.39 is 23.2 Å². The van der Waals surface area contributed by atoms with Crippen molar-refractivity contribution < 1.29 is 33.7 Å². The Hall–Kier alpha value is -5.86. The molecular weight excluding hydrogens is 658 g/mol. The third kappa shape index (κ3) is 8.84. The highest BCUT2D eigenvalue weighted by Gasteiger charge is 2.26. The lowest BCUT2D eigenvalue weighted by molar-refractivity contribution is -0.126. The van der Waals surface area contributed by atoms with Gasteiger partial charge in [-0.2, -0.15) is 10.5 Å². The predicted molar refractivity (Wildman–Crippen MR) is 185 cm³/mol. The largest absolute Gasteiger partial charge is 0.504 e. The van der Waals surface area contributed by atoms with E-state index in [1.165, 1.54) is 23.7 Å². The standard InChI is InChI=1S/C38H36F2N6O5/c1-38(2,49)22-51-34-10-9-25(17-33(34)47)30-21-44-36(29(19-42)35(30)26-7-8-27(18-41)31(39)16-26)46-13-11-28(12-14-46)43-20-24-5-3-23(4-6-24)15-32(40)37(48)45-50/h3-10,15-17,21,28,43,47,49-50H,11-14,20,22H2,1-2H3,(H,45,48)/b32-15-. The number of halogens is 2. The van der Waals surface area contributed by atoms with Gasteiger partial charge >= 0.3 is 5.91 Å². The number of anilines is 1. The average Bonchev–Trinajstić information content (AvgIpc) is 3.12. The molecule has 1 aromatic heterocycles. The van der Waals surface area contributed by atoms with E-state index in [4.69, 9.17) is 14.9 Å². The third-order valence-corrected chi connectivity index (χ3v) is 8.38. The molecule has 1 aliphatic rings. The monoisotopic (exact) mass is 694 g/mol. The average molecular weight is 695 g/mol. The number of pyridine rings is 1. The number of nitrogens with one attached hydrogen (secondary N) is 2. The number of hydrogen-bond acceptors (Lipinski definition) is 10. The Morgan fingerprint density at radius 1 is 1.08 bits per heavy atom. The number of carbonyl (C=O) groups excluding carboxylic acids is 1. The lowest BCUT2D eigenvalue weighted by Crippen LogP contribution is -2.42. The fraction of sp³-hybridized carbons (Fsp3) is 0.263. The molecule has 1 saturated heterocycles. The minimum atomic E-state index is -1.22. The number of hydrogen-bond donors (Lipinski definition) is 5. The second-order valence-corrected chi connectivity index (χ2v) is 12.8. The van der Waals surface area contributed by atoms with Gasteiger partial charge in [0.25, 0.3) is 0 Å². The highest BCUT2D eigenvalue weighted by atomic mass is 19.1. The van der Waals surface area contributed by atoms with Crippen molar-refractivity contribution in [2.24, 2.45) is 0 Å². The van der Waals surface area contributed by atoms with Gasteiger partial charge in [-0.05, 0) is 79.3 Å². The minimum absolute atomic E-state index is 0.0566. The number of benzene rings is 3. The summed E-state index contributed by atoms with van der Waals surface area (Å²) in [6, 6.07) is 20.0. The molecule has 3 aromatic carbocycles. The van der Waals surface area contributed by atoms with Crippen molar-refractivity contribution in [3.8, 4) is 45.9 Å². The van der Waals surface area contributed by atoms with Crippen LogP contribution in [0.1, 0.15) is 48.9 Å². The SMILES string of the molecule is CC(C)(O)COc1ccc(-c2cnc(N3CCC(NCc4ccc(/C=C(\F)C(=O)NO)cc4)CC3)c(C#N)c2-c2ccc(C#N)c(F)c2)cc1O. The van der Waals surface area contributed by atoms with Crippen molar-refractivity contribution in [2.45, 2.75) is 44.9 Å². The van der Waals surface area contributed by atoms with Gasteiger partial charge < -0.3 is 25.2 Å². The highest BCUT2D eigenvalue weighted by Crippen LogP contribution is 2.41. The zero-order valence-corrected chi connectivity index (χ0v) is 28.0. The second-order valence-electron chi connectivity index (χ2n) is 12.8. The van der Waals surface area contributed by atoms with Crippen LogP contribution in [0.2, 0.25) is 0 Å². The van der Waals surface area contributed by atoms with E-state index in [1.54, 1.807) is 50.4 Å². The molecule has 1 aliphatic heterocycles. The van der Waals surface area contributed by atoms with Gasteiger partial charge in [0.1, 0.15) is 35.9 Å². The first-order chi connectivity index (χ1) is 24.4. The van der Waals surface area contributed by atoms with Crippen molar-refractivity contribution in [1.82, 2.24) is 15.8 Å². The number of nitriles is 2. The van der Waals surface area contributed by atoms with Gasteiger partial charge in [-0.15, -0.1) is 0 Å².